The first-order chi connectivity index (χ1) is 4.68. The van der Waals surface area contributed by atoms with Crippen molar-refractivity contribution in [3.05, 3.63) is 0 Å². The third-order valence-electron chi connectivity index (χ3n) is 1.03. The SMILES string of the molecule is CC(=O)N(C)OCCCO. The van der Waals surface area contributed by atoms with Gasteiger partial charge in [0.2, 0.25) is 5.91 Å². The van der Waals surface area contributed by atoms with Gasteiger partial charge in [0.15, 0.2) is 0 Å². The molecule has 4 nitrogen and oxygen atoms in total. The summed E-state index contributed by atoms with van der Waals surface area (Å²) in [6, 6.07) is 0. The lowest BCUT2D eigenvalue weighted by Gasteiger charge is -2.13. The number of aliphatic hydroxyl groups excluding tert-OH is 1. The lowest BCUT2D eigenvalue weighted by molar-refractivity contribution is -0.176. The smallest absolute Gasteiger partial charge is 0.242 e. The highest BCUT2D eigenvalue weighted by Gasteiger charge is 1.99. The fourth-order valence-corrected chi connectivity index (χ4v) is 0.357. The molecule has 4 heteroatoms. The molecule has 0 aliphatic carbocycles. The van der Waals surface area contributed by atoms with E-state index in [1.54, 1.807) is 7.05 Å². The Morgan fingerprint density at radius 3 is 2.70 bits per heavy atom. The van der Waals surface area contributed by atoms with E-state index in [1.165, 1.54) is 6.92 Å². The second kappa shape index (κ2) is 5.20. The molecule has 0 aliphatic rings. The predicted molar refractivity (Wildman–Crippen MR) is 36.1 cm³/mol. The van der Waals surface area contributed by atoms with Crippen molar-refractivity contribution in [1.82, 2.24) is 5.06 Å². The number of hydrogen-bond acceptors (Lipinski definition) is 3. The predicted octanol–water partition coefficient (Wildman–Crippen LogP) is -0.221. The molecule has 0 aliphatic heterocycles. The van der Waals surface area contributed by atoms with Gasteiger partial charge < -0.3 is 5.11 Å². The van der Waals surface area contributed by atoms with Gasteiger partial charge in [0, 0.05) is 20.6 Å². The van der Waals surface area contributed by atoms with Crippen molar-refractivity contribution in [2.75, 3.05) is 20.3 Å². The van der Waals surface area contributed by atoms with Crippen molar-refractivity contribution in [2.24, 2.45) is 0 Å². The van der Waals surface area contributed by atoms with Crippen LogP contribution < -0.4 is 0 Å². The fourth-order valence-electron chi connectivity index (χ4n) is 0.357. The van der Waals surface area contributed by atoms with Crippen LogP contribution in [0.1, 0.15) is 13.3 Å². The van der Waals surface area contributed by atoms with E-state index in [4.69, 9.17) is 9.94 Å². The molecule has 0 unspecified atom stereocenters. The van der Waals surface area contributed by atoms with E-state index < -0.39 is 0 Å². The highest BCUT2D eigenvalue weighted by molar-refractivity contribution is 5.71. The number of aliphatic hydroxyl groups is 1. The summed E-state index contributed by atoms with van der Waals surface area (Å²) in [5.74, 6) is -0.141. The van der Waals surface area contributed by atoms with Crippen molar-refractivity contribution in [3.8, 4) is 0 Å². The van der Waals surface area contributed by atoms with Gasteiger partial charge in [0.25, 0.3) is 0 Å². The van der Waals surface area contributed by atoms with Gasteiger partial charge in [-0.1, -0.05) is 0 Å². The van der Waals surface area contributed by atoms with Gasteiger partial charge in [0.05, 0.1) is 6.61 Å². The summed E-state index contributed by atoms with van der Waals surface area (Å²) in [4.78, 5) is 15.3. The Balaban J connectivity index is 3.21. The molecule has 0 rings (SSSR count). The van der Waals surface area contributed by atoms with E-state index >= 15 is 0 Å². The molecule has 0 aromatic heterocycles. The Labute approximate surface area is 60.3 Å². The van der Waals surface area contributed by atoms with Crippen molar-refractivity contribution in [2.45, 2.75) is 13.3 Å². The largest absolute Gasteiger partial charge is 0.396 e. The first-order valence-electron chi connectivity index (χ1n) is 3.16. The maximum absolute atomic E-state index is 10.5. The van der Waals surface area contributed by atoms with Crippen molar-refractivity contribution >= 4 is 5.91 Å². The highest BCUT2D eigenvalue weighted by atomic mass is 16.7. The van der Waals surface area contributed by atoms with Gasteiger partial charge in [-0.05, 0) is 6.42 Å². The number of hydroxylamine groups is 2. The minimum atomic E-state index is -0.141. The number of carbonyl (C=O) groups is 1. The summed E-state index contributed by atoms with van der Waals surface area (Å²) in [5.41, 5.74) is 0. The zero-order chi connectivity index (χ0) is 7.98. The van der Waals surface area contributed by atoms with Crippen LogP contribution in [0.4, 0.5) is 0 Å². The lowest BCUT2D eigenvalue weighted by atomic mass is 10.5. The van der Waals surface area contributed by atoms with E-state index in [0.29, 0.717) is 13.0 Å². The molecule has 0 heterocycles. The van der Waals surface area contributed by atoms with Crippen LogP contribution in [0.15, 0.2) is 0 Å². The second-order valence-corrected chi connectivity index (χ2v) is 1.93. The van der Waals surface area contributed by atoms with E-state index in [0.717, 1.165) is 5.06 Å². The number of nitrogens with zero attached hydrogens (tertiary/aromatic N) is 1. The number of rotatable bonds is 4. The van der Waals surface area contributed by atoms with Gasteiger partial charge in [-0.3, -0.25) is 9.63 Å². The maximum Gasteiger partial charge on any atom is 0.242 e. The van der Waals surface area contributed by atoms with Crippen molar-refractivity contribution < 1.29 is 14.7 Å². The van der Waals surface area contributed by atoms with E-state index in [-0.39, 0.29) is 12.5 Å². The van der Waals surface area contributed by atoms with Crippen LogP contribution in [-0.2, 0) is 9.63 Å². The van der Waals surface area contributed by atoms with Crippen LogP contribution in [0.3, 0.4) is 0 Å². The molecule has 0 saturated carbocycles. The maximum atomic E-state index is 10.5. The molecule has 1 amide bonds. The average Bonchev–Trinajstić information content (AvgIpc) is 1.88. The second-order valence-electron chi connectivity index (χ2n) is 1.93. The standard InChI is InChI=1S/C6H13NO3/c1-6(9)7(2)10-5-3-4-8/h8H,3-5H2,1-2H3. The molecule has 0 bridgehead atoms. The minimum absolute atomic E-state index is 0.0890. The quantitative estimate of drug-likeness (QED) is 0.441. The molecule has 0 atom stereocenters. The molecule has 60 valence electrons. The molecule has 1 N–H and O–H groups in total. The lowest BCUT2D eigenvalue weighted by Crippen LogP contribution is -2.24. The summed E-state index contributed by atoms with van der Waals surface area (Å²) in [6.45, 7) is 1.89. The van der Waals surface area contributed by atoms with E-state index in [1.807, 2.05) is 0 Å². The van der Waals surface area contributed by atoms with Gasteiger partial charge in [-0.2, -0.15) is 0 Å². The Morgan fingerprint density at radius 1 is 1.70 bits per heavy atom. The minimum Gasteiger partial charge on any atom is -0.396 e. The number of hydrogen-bond donors (Lipinski definition) is 1. The van der Waals surface area contributed by atoms with Gasteiger partial charge in [-0.15, -0.1) is 0 Å². The molecule has 0 aromatic carbocycles. The summed E-state index contributed by atoms with van der Waals surface area (Å²) < 4.78 is 0. The van der Waals surface area contributed by atoms with Crippen molar-refractivity contribution in [3.63, 3.8) is 0 Å². The first-order valence-corrected chi connectivity index (χ1v) is 3.16. The average molecular weight is 147 g/mol. The number of amides is 1. The molecular weight excluding hydrogens is 134 g/mol. The van der Waals surface area contributed by atoms with E-state index in [2.05, 4.69) is 0 Å². The zero-order valence-corrected chi connectivity index (χ0v) is 6.33. The summed E-state index contributed by atoms with van der Waals surface area (Å²) in [5, 5.41) is 9.48. The molecule has 0 spiro atoms. The van der Waals surface area contributed by atoms with Crippen LogP contribution in [0.2, 0.25) is 0 Å². The zero-order valence-electron chi connectivity index (χ0n) is 6.33. The Bertz CT molecular complexity index is 105. The number of carbonyl (C=O) groups excluding carboxylic acids is 1. The molecule has 0 radical (unpaired) electrons. The first kappa shape index (κ1) is 9.39. The van der Waals surface area contributed by atoms with Crippen LogP contribution in [0, 0.1) is 0 Å². The molecule has 0 fully saturated rings. The summed E-state index contributed by atoms with van der Waals surface area (Å²) in [6.07, 6.45) is 0.553. The van der Waals surface area contributed by atoms with Gasteiger partial charge in [0.1, 0.15) is 0 Å². The summed E-state index contributed by atoms with van der Waals surface area (Å²) in [7, 11) is 1.54. The highest BCUT2D eigenvalue weighted by Crippen LogP contribution is 1.87. The van der Waals surface area contributed by atoms with Crippen LogP contribution in [0.25, 0.3) is 0 Å². The van der Waals surface area contributed by atoms with Crippen LogP contribution in [0.5, 0.6) is 0 Å². The molecule has 0 saturated heterocycles. The van der Waals surface area contributed by atoms with Gasteiger partial charge in [-0.25, -0.2) is 5.06 Å². The molecular formula is C6H13NO3. The monoisotopic (exact) mass is 147 g/mol. The Kier molecular flexibility index (Phi) is 4.88. The van der Waals surface area contributed by atoms with Crippen LogP contribution in [-0.4, -0.2) is 36.3 Å². The van der Waals surface area contributed by atoms with E-state index in [9.17, 15) is 4.79 Å². The normalized spacial score (nSPS) is 9.50. The topological polar surface area (TPSA) is 49.8 Å². The Morgan fingerprint density at radius 2 is 2.30 bits per heavy atom. The summed E-state index contributed by atoms with van der Waals surface area (Å²) >= 11 is 0. The molecule has 10 heavy (non-hydrogen) atoms. The third-order valence-corrected chi connectivity index (χ3v) is 1.03. The van der Waals surface area contributed by atoms with Crippen LogP contribution >= 0.6 is 0 Å². The van der Waals surface area contributed by atoms with Crippen molar-refractivity contribution in [1.29, 1.82) is 0 Å². The Hall–Kier alpha value is -0.610. The molecule has 0 aromatic rings. The van der Waals surface area contributed by atoms with Gasteiger partial charge >= 0.3 is 0 Å². The fraction of sp³-hybridized carbons (Fsp3) is 0.833. The third kappa shape index (κ3) is 4.29.